The van der Waals surface area contributed by atoms with Crippen molar-refractivity contribution in [2.75, 3.05) is 12.3 Å². The molecule has 2 aromatic heterocycles. The third-order valence-electron chi connectivity index (χ3n) is 2.12. The van der Waals surface area contributed by atoms with Crippen molar-refractivity contribution in [2.45, 2.75) is 17.7 Å². The number of nitrogens with one attached hydrogen (secondary N) is 1. The molecule has 18 heavy (non-hydrogen) atoms. The van der Waals surface area contributed by atoms with Crippen LogP contribution in [-0.4, -0.2) is 34.9 Å². The first-order valence-electron chi connectivity index (χ1n) is 5.06. The number of sulfonamides is 1. The third kappa shape index (κ3) is 2.83. The van der Waals surface area contributed by atoms with Gasteiger partial charge in [0.25, 0.3) is 10.0 Å². The number of nitrogen functional groups attached to an aromatic ring is 1. The lowest BCUT2D eigenvalue weighted by Gasteiger charge is -2.04. The van der Waals surface area contributed by atoms with Gasteiger partial charge in [0.2, 0.25) is 0 Å². The van der Waals surface area contributed by atoms with E-state index in [-0.39, 0.29) is 15.9 Å². The van der Waals surface area contributed by atoms with Gasteiger partial charge in [0.05, 0.1) is 18.4 Å². The van der Waals surface area contributed by atoms with Gasteiger partial charge in [0.1, 0.15) is 0 Å². The Bertz CT molecular complexity index is 618. The summed E-state index contributed by atoms with van der Waals surface area (Å²) < 4.78 is 28.1. The highest BCUT2D eigenvalue weighted by molar-refractivity contribution is 7.91. The van der Waals surface area contributed by atoms with E-state index in [1.165, 1.54) is 10.9 Å². The van der Waals surface area contributed by atoms with Gasteiger partial charge >= 0.3 is 0 Å². The fraction of sp³-hybridized carbons (Fsp3) is 0.375. The van der Waals surface area contributed by atoms with Gasteiger partial charge in [0, 0.05) is 12.7 Å². The maximum atomic E-state index is 12.0. The average Bonchev–Trinajstić information content (AvgIpc) is 2.88. The average molecular weight is 288 g/mol. The summed E-state index contributed by atoms with van der Waals surface area (Å²) in [5.41, 5.74) is 5.88. The molecule has 0 radical (unpaired) electrons. The molecular formula is C8H12N6O2S2. The summed E-state index contributed by atoms with van der Waals surface area (Å²) in [7, 11) is -3.56. The van der Waals surface area contributed by atoms with Crippen LogP contribution in [0.5, 0.6) is 0 Å². The fourth-order valence-electron chi connectivity index (χ4n) is 1.36. The van der Waals surface area contributed by atoms with Gasteiger partial charge in [-0.15, -0.1) is 5.10 Å². The summed E-state index contributed by atoms with van der Waals surface area (Å²) in [5.74, 6) is 0. The highest BCUT2D eigenvalue weighted by Crippen LogP contribution is 2.24. The highest BCUT2D eigenvalue weighted by atomic mass is 32.2. The topological polar surface area (TPSA) is 116 Å². The number of rotatable bonds is 5. The van der Waals surface area contributed by atoms with Crippen molar-refractivity contribution in [1.29, 1.82) is 0 Å². The Morgan fingerprint density at radius 2 is 2.33 bits per heavy atom. The molecular weight excluding hydrogens is 276 g/mol. The van der Waals surface area contributed by atoms with Crippen LogP contribution in [0.2, 0.25) is 0 Å². The molecule has 0 bridgehead atoms. The zero-order valence-electron chi connectivity index (χ0n) is 9.57. The second kappa shape index (κ2) is 5.00. The Morgan fingerprint density at radius 1 is 1.56 bits per heavy atom. The molecule has 0 spiro atoms. The maximum Gasteiger partial charge on any atom is 0.252 e. The van der Waals surface area contributed by atoms with Crippen molar-refractivity contribution in [3.05, 3.63) is 18.1 Å². The Hall–Kier alpha value is -1.52. The molecule has 0 aliphatic rings. The molecule has 2 aromatic rings. The molecule has 2 rings (SSSR count). The van der Waals surface area contributed by atoms with Crippen molar-refractivity contribution in [3.63, 3.8) is 0 Å². The molecule has 2 heterocycles. The van der Waals surface area contributed by atoms with Crippen LogP contribution >= 0.6 is 11.3 Å². The number of aromatic nitrogens is 4. The predicted octanol–water partition coefficient (Wildman–Crippen LogP) is -0.396. The van der Waals surface area contributed by atoms with Gasteiger partial charge < -0.3 is 5.73 Å². The molecule has 0 aromatic carbocycles. The van der Waals surface area contributed by atoms with Crippen LogP contribution in [0.1, 0.15) is 5.69 Å². The van der Waals surface area contributed by atoms with E-state index in [2.05, 4.69) is 20.0 Å². The van der Waals surface area contributed by atoms with Crippen LogP contribution in [0.3, 0.4) is 0 Å². The maximum absolute atomic E-state index is 12.0. The minimum absolute atomic E-state index is 0.151. The van der Waals surface area contributed by atoms with Crippen molar-refractivity contribution in [3.8, 4) is 0 Å². The van der Waals surface area contributed by atoms with Crippen molar-refractivity contribution < 1.29 is 8.42 Å². The van der Waals surface area contributed by atoms with E-state index in [4.69, 9.17) is 5.73 Å². The number of hydrogen-bond donors (Lipinski definition) is 2. The monoisotopic (exact) mass is 288 g/mol. The van der Waals surface area contributed by atoms with E-state index in [0.717, 1.165) is 11.3 Å². The van der Waals surface area contributed by atoms with Gasteiger partial charge in [-0.2, -0.15) is 0 Å². The largest absolute Gasteiger partial charge is 0.375 e. The van der Waals surface area contributed by atoms with Crippen molar-refractivity contribution >= 4 is 26.5 Å². The molecule has 0 aliphatic heterocycles. The standard InChI is InChI=1S/C8H12N6O2S2/c1-6-7(17-8(9)12-6)18(15,16)11-3-5-14-4-2-10-13-14/h2,4,11H,3,5H2,1H3,(H2,9,12). The summed E-state index contributed by atoms with van der Waals surface area (Å²) in [4.78, 5) is 3.88. The second-order valence-corrected chi connectivity index (χ2v) is 6.48. The Morgan fingerprint density at radius 3 is 2.89 bits per heavy atom. The first kappa shape index (κ1) is 12.9. The molecule has 0 saturated carbocycles. The van der Waals surface area contributed by atoms with Crippen LogP contribution < -0.4 is 10.5 Å². The van der Waals surface area contributed by atoms with Crippen LogP contribution in [-0.2, 0) is 16.6 Å². The molecule has 3 N–H and O–H groups in total. The summed E-state index contributed by atoms with van der Waals surface area (Å²) in [5, 5.41) is 7.60. The molecule has 0 saturated heterocycles. The zero-order valence-corrected chi connectivity index (χ0v) is 11.2. The number of thiazole rings is 1. The first-order valence-corrected chi connectivity index (χ1v) is 7.35. The van der Waals surface area contributed by atoms with E-state index in [0.29, 0.717) is 12.2 Å². The minimum atomic E-state index is -3.56. The van der Waals surface area contributed by atoms with Gasteiger partial charge in [0.15, 0.2) is 9.34 Å². The predicted molar refractivity (Wildman–Crippen MR) is 66.5 cm³/mol. The summed E-state index contributed by atoms with van der Waals surface area (Å²) in [6.45, 7) is 2.24. The van der Waals surface area contributed by atoms with Crippen LogP contribution in [0.4, 0.5) is 5.13 Å². The van der Waals surface area contributed by atoms with E-state index < -0.39 is 10.0 Å². The van der Waals surface area contributed by atoms with E-state index >= 15 is 0 Å². The molecule has 0 fully saturated rings. The van der Waals surface area contributed by atoms with Gasteiger partial charge in [-0.1, -0.05) is 16.6 Å². The second-order valence-electron chi connectivity index (χ2n) is 3.49. The third-order valence-corrected chi connectivity index (χ3v) is 5.18. The lowest BCUT2D eigenvalue weighted by Crippen LogP contribution is -2.27. The van der Waals surface area contributed by atoms with Crippen molar-refractivity contribution in [1.82, 2.24) is 24.7 Å². The lowest BCUT2D eigenvalue weighted by molar-refractivity contribution is 0.553. The minimum Gasteiger partial charge on any atom is -0.375 e. The number of aryl methyl sites for hydroxylation is 1. The van der Waals surface area contributed by atoms with Crippen LogP contribution in [0.15, 0.2) is 16.6 Å². The van der Waals surface area contributed by atoms with Gasteiger partial charge in [-0.05, 0) is 6.92 Å². The van der Waals surface area contributed by atoms with Gasteiger partial charge in [-0.25, -0.2) is 18.1 Å². The SMILES string of the molecule is Cc1nc(N)sc1S(=O)(=O)NCCn1ccnn1. The quantitative estimate of drug-likeness (QED) is 0.773. The molecule has 0 aliphatic carbocycles. The molecule has 0 amide bonds. The van der Waals surface area contributed by atoms with Crippen LogP contribution in [0, 0.1) is 6.92 Å². The number of anilines is 1. The van der Waals surface area contributed by atoms with E-state index in [1.807, 2.05) is 0 Å². The molecule has 8 nitrogen and oxygen atoms in total. The zero-order chi connectivity index (χ0) is 13.2. The summed E-state index contributed by atoms with van der Waals surface area (Å²) >= 11 is 0.951. The number of nitrogens with two attached hydrogens (primary N) is 1. The summed E-state index contributed by atoms with van der Waals surface area (Å²) in [6, 6.07) is 0. The first-order chi connectivity index (χ1) is 8.49. The number of nitrogens with zero attached hydrogens (tertiary/aromatic N) is 4. The normalized spacial score (nSPS) is 11.8. The highest BCUT2D eigenvalue weighted by Gasteiger charge is 2.20. The Balaban J connectivity index is 2.02. The fourth-order valence-corrected chi connectivity index (χ4v) is 3.73. The lowest BCUT2D eigenvalue weighted by atomic mass is 10.6. The molecule has 0 atom stereocenters. The molecule has 0 unspecified atom stereocenters. The molecule has 98 valence electrons. The number of hydrogen-bond acceptors (Lipinski definition) is 7. The van der Waals surface area contributed by atoms with Gasteiger partial charge in [-0.3, -0.25) is 4.68 Å². The smallest absolute Gasteiger partial charge is 0.252 e. The van der Waals surface area contributed by atoms with E-state index in [1.54, 1.807) is 13.1 Å². The molecule has 10 heteroatoms. The van der Waals surface area contributed by atoms with Crippen molar-refractivity contribution in [2.24, 2.45) is 0 Å². The Labute approximate surface area is 108 Å². The summed E-state index contributed by atoms with van der Waals surface area (Å²) in [6.07, 6.45) is 3.19. The van der Waals surface area contributed by atoms with Crippen LogP contribution in [0.25, 0.3) is 0 Å². The Kier molecular flexibility index (Phi) is 3.59. The van der Waals surface area contributed by atoms with E-state index in [9.17, 15) is 8.42 Å².